The van der Waals surface area contributed by atoms with Crippen LogP contribution in [-0.2, 0) is 25.7 Å². The van der Waals surface area contributed by atoms with Crippen molar-refractivity contribution < 1.29 is 0 Å². The van der Waals surface area contributed by atoms with Gasteiger partial charge in [0.25, 0.3) is 0 Å². The second kappa shape index (κ2) is 5.09. The number of aromatic amines is 1. The molecule has 0 fully saturated rings. The number of pyridine rings is 1. The quantitative estimate of drug-likeness (QED) is 0.740. The zero-order valence-corrected chi connectivity index (χ0v) is 11.6. The summed E-state index contributed by atoms with van der Waals surface area (Å²) in [5.74, 6) is 0.581. The molecule has 4 heterocycles. The Morgan fingerprint density at radius 1 is 0.810 bits per heavy atom. The first-order valence-electron chi connectivity index (χ1n) is 7.19. The van der Waals surface area contributed by atoms with Crippen LogP contribution in [-0.4, -0.2) is 25.6 Å². The van der Waals surface area contributed by atoms with Gasteiger partial charge in [-0.25, -0.2) is 4.98 Å². The summed E-state index contributed by atoms with van der Waals surface area (Å²) in [7, 11) is 0. The van der Waals surface area contributed by atoms with E-state index < -0.39 is 0 Å². The largest absolute Gasteiger partial charge is 0.249 e. The van der Waals surface area contributed by atoms with Crippen molar-refractivity contribution in [2.45, 2.75) is 25.7 Å². The van der Waals surface area contributed by atoms with Gasteiger partial charge in [-0.15, -0.1) is 10.2 Å². The third-order valence-corrected chi connectivity index (χ3v) is 3.97. The van der Waals surface area contributed by atoms with Gasteiger partial charge < -0.3 is 0 Å². The maximum Gasteiger partial charge on any atom is 0.223 e. The smallest absolute Gasteiger partial charge is 0.223 e. The van der Waals surface area contributed by atoms with Gasteiger partial charge in [0.15, 0.2) is 0 Å². The number of rotatable bonds is 1. The lowest BCUT2D eigenvalue weighted by atomic mass is 9.98. The summed E-state index contributed by atoms with van der Waals surface area (Å²) in [5, 5.41) is 14.3. The van der Waals surface area contributed by atoms with Crippen LogP contribution in [0.25, 0.3) is 11.5 Å². The zero-order valence-electron chi connectivity index (χ0n) is 11.6. The van der Waals surface area contributed by atoms with Gasteiger partial charge in [0.05, 0.1) is 0 Å². The number of nitrogens with one attached hydrogen (secondary N) is 1. The molecule has 3 aromatic rings. The molecular formula is C16H15N5. The van der Waals surface area contributed by atoms with E-state index in [2.05, 4.69) is 57.0 Å². The Labute approximate surface area is 122 Å². The molecule has 2 aliphatic carbocycles. The van der Waals surface area contributed by atoms with Crippen LogP contribution in [0, 0.1) is 0 Å². The first kappa shape index (κ1) is 12.2. The van der Waals surface area contributed by atoms with Crippen LogP contribution in [0.4, 0.5) is 0 Å². The first-order chi connectivity index (χ1) is 10.4. The van der Waals surface area contributed by atoms with Crippen LogP contribution in [0.2, 0.25) is 0 Å². The molecule has 0 saturated heterocycles. The number of nitrogens with zero attached hydrogens (tertiary/aromatic N) is 4. The molecule has 0 atom stereocenters. The Morgan fingerprint density at radius 2 is 1.57 bits per heavy atom. The second-order valence-electron chi connectivity index (χ2n) is 5.36. The minimum absolute atomic E-state index is 0.581. The number of hydrogen-bond donors (Lipinski definition) is 1. The fourth-order valence-corrected chi connectivity index (χ4v) is 2.75. The normalized spacial score (nSPS) is 13.9. The van der Waals surface area contributed by atoms with Crippen molar-refractivity contribution in [3.63, 3.8) is 0 Å². The van der Waals surface area contributed by atoms with Crippen LogP contribution in [0.3, 0.4) is 0 Å². The van der Waals surface area contributed by atoms with Crippen LogP contribution < -0.4 is 0 Å². The summed E-state index contributed by atoms with van der Waals surface area (Å²) >= 11 is 0. The SMILES string of the molecule is c1cc2ccc1CCc1ccc(c(-c3nn[nH]n3)n1)CC2. The number of aryl methyl sites for hydroxylation is 4. The van der Waals surface area contributed by atoms with Crippen molar-refractivity contribution in [1.82, 2.24) is 25.6 Å². The molecule has 0 unspecified atom stereocenters. The summed E-state index contributed by atoms with van der Waals surface area (Å²) in [6.07, 6.45) is 3.84. The van der Waals surface area contributed by atoms with Gasteiger partial charge in [-0.3, -0.25) is 0 Å². The molecule has 1 N–H and O–H groups in total. The molecule has 0 saturated carbocycles. The van der Waals surface area contributed by atoms with Gasteiger partial charge in [-0.1, -0.05) is 30.3 Å². The van der Waals surface area contributed by atoms with E-state index in [0.717, 1.165) is 37.1 Å². The van der Waals surface area contributed by atoms with Gasteiger partial charge in [0.2, 0.25) is 5.82 Å². The standard InChI is InChI=1S/C16H15N5/c1-3-12-4-2-11(1)5-7-13-8-10-14(9-6-12)17-15(13)16-18-20-21-19-16/h1-4,8,10H,5-7,9H2,(H,18,19,20,21). The predicted octanol–water partition coefficient (Wildman–Crippen LogP) is 2.15. The molecule has 7 rings (SSSR count). The van der Waals surface area contributed by atoms with Crippen LogP contribution in [0.15, 0.2) is 36.4 Å². The fourth-order valence-electron chi connectivity index (χ4n) is 2.75. The van der Waals surface area contributed by atoms with E-state index in [4.69, 9.17) is 4.98 Å². The maximum atomic E-state index is 4.76. The lowest BCUT2D eigenvalue weighted by molar-refractivity contribution is 0.880. The summed E-state index contributed by atoms with van der Waals surface area (Å²) < 4.78 is 0. The van der Waals surface area contributed by atoms with Gasteiger partial charge in [0.1, 0.15) is 5.69 Å². The number of hydrogen-bond acceptors (Lipinski definition) is 4. The molecule has 4 bridgehead atoms. The van der Waals surface area contributed by atoms with Gasteiger partial charge >= 0.3 is 0 Å². The molecule has 4 aliphatic rings. The van der Waals surface area contributed by atoms with E-state index >= 15 is 0 Å². The lowest BCUT2D eigenvalue weighted by Gasteiger charge is -2.11. The van der Waals surface area contributed by atoms with E-state index in [1.807, 2.05) is 0 Å². The molecule has 104 valence electrons. The van der Waals surface area contributed by atoms with Crippen LogP contribution in [0.5, 0.6) is 0 Å². The highest BCUT2D eigenvalue weighted by molar-refractivity contribution is 5.54. The molecular weight excluding hydrogens is 262 g/mol. The van der Waals surface area contributed by atoms with Gasteiger partial charge in [0, 0.05) is 5.69 Å². The first-order valence-corrected chi connectivity index (χ1v) is 7.19. The highest BCUT2D eigenvalue weighted by Crippen LogP contribution is 2.21. The summed E-state index contributed by atoms with van der Waals surface area (Å²) in [6.45, 7) is 0. The minimum Gasteiger partial charge on any atom is -0.249 e. The van der Waals surface area contributed by atoms with Gasteiger partial charge in [-0.2, -0.15) is 5.21 Å². The average molecular weight is 277 g/mol. The molecule has 0 radical (unpaired) electrons. The Hall–Kier alpha value is -2.56. The summed E-state index contributed by atoms with van der Waals surface area (Å²) in [6, 6.07) is 13.2. The summed E-state index contributed by atoms with van der Waals surface area (Å²) in [5.41, 5.74) is 5.80. The van der Waals surface area contributed by atoms with Crippen molar-refractivity contribution in [3.8, 4) is 11.5 Å². The fraction of sp³-hybridized carbons (Fsp3) is 0.250. The Morgan fingerprint density at radius 3 is 2.29 bits per heavy atom. The van der Waals surface area contributed by atoms with E-state index in [0.29, 0.717) is 5.82 Å². The Balaban J connectivity index is 1.79. The van der Waals surface area contributed by atoms with E-state index in [1.54, 1.807) is 0 Å². The molecule has 21 heavy (non-hydrogen) atoms. The van der Waals surface area contributed by atoms with Crippen molar-refractivity contribution in [1.29, 1.82) is 0 Å². The van der Waals surface area contributed by atoms with Gasteiger partial charge in [-0.05, 0) is 53.7 Å². The zero-order chi connectivity index (χ0) is 14.1. The molecule has 2 aliphatic heterocycles. The molecule has 5 nitrogen and oxygen atoms in total. The predicted molar refractivity (Wildman–Crippen MR) is 78.7 cm³/mol. The average Bonchev–Trinajstić information content (AvgIpc) is 3.04. The number of benzene rings is 1. The maximum absolute atomic E-state index is 4.76. The number of tetrazole rings is 1. The van der Waals surface area contributed by atoms with Crippen LogP contribution in [0.1, 0.15) is 22.4 Å². The molecule has 0 amide bonds. The lowest BCUT2D eigenvalue weighted by Crippen LogP contribution is -2.04. The molecule has 0 spiro atoms. The van der Waals surface area contributed by atoms with Crippen LogP contribution >= 0.6 is 0 Å². The molecule has 5 heteroatoms. The van der Waals surface area contributed by atoms with E-state index in [1.165, 1.54) is 16.7 Å². The van der Waals surface area contributed by atoms with Crippen molar-refractivity contribution in [3.05, 3.63) is 58.8 Å². The Bertz CT molecular complexity index is 747. The monoisotopic (exact) mass is 277 g/mol. The third-order valence-electron chi connectivity index (χ3n) is 3.97. The third kappa shape index (κ3) is 2.42. The highest BCUT2D eigenvalue weighted by atomic mass is 15.5. The summed E-state index contributed by atoms with van der Waals surface area (Å²) in [4.78, 5) is 4.76. The second-order valence-corrected chi connectivity index (χ2v) is 5.36. The highest BCUT2D eigenvalue weighted by Gasteiger charge is 2.13. The Kier molecular flexibility index (Phi) is 2.96. The number of H-pyrrole nitrogens is 1. The molecule has 2 aromatic heterocycles. The topological polar surface area (TPSA) is 67.3 Å². The number of aromatic nitrogens is 5. The van der Waals surface area contributed by atoms with Crippen molar-refractivity contribution in [2.24, 2.45) is 0 Å². The van der Waals surface area contributed by atoms with E-state index in [-0.39, 0.29) is 0 Å². The minimum atomic E-state index is 0.581. The molecule has 1 aromatic carbocycles. The van der Waals surface area contributed by atoms with Crippen molar-refractivity contribution >= 4 is 0 Å². The van der Waals surface area contributed by atoms with E-state index in [9.17, 15) is 0 Å². The van der Waals surface area contributed by atoms with Crippen molar-refractivity contribution in [2.75, 3.05) is 0 Å².